The molecule has 5 rings (SSSR count). The summed E-state index contributed by atoms with van der Waals surface area (Å²) < 4.78 is 17.2. The van der Waals surface area contributed by atoms with Gasteiger partial charge in [0.15, 0.2) is 11.5 Å². The Balaban J connectivity index is 1.68. The van der Waals surface area contributed by atoms with Gasteiger partial charge in [0.25, 0.3) is 0 Å². The first-order valence-corrected chi connectivity index (χ1v) is 7.42. The Morgan fingerprint density at radius 1 is 1.24 bits per heavy atom. The lowest BCUT2D eigenvalue weighted by Crippen LogP contribution is -2.41. The fourth-order valence-corrected chi connectivity index (χ4v) is 4.15. The second kappa shape index (κ2) is 4.00. The maximum Gasteiger partial charge on any atom is 0.231 e. The molecule has 3 aliphatic heterocycles. The monoisotopic (exact) mass is 287 g/mol. The van der Waals surface area contributed by atoms with Crippen molar-refractivity contribution in [1.82, 2.24) is 5.32 Å². The third-order valence-electron chi connectivity index (χ3n) is 5.13. The fraction of sp³-hybridized carbons (Fsp3) is 0.500. The first-order chi connectivity index (χ1) is 10.3. The molecule has 2 bridgehead atoms. The van der Waals surface area contributed by atoms with Crippen LogP contribution in [-0.4, -0.2) is 36.2 Å². The van der Waals surface area contributed by atoms with Gasteiger partial charge in [-0.1, -0.05) is 12.2 Å². The Bertz CT molecular complexity index is 643. The predicted molar refractivity (Wildman–Crippen MR) is 74.4 cm³/mol. The van der Waals surface area contributed by atoms with E-state index in [1.165, 1.54) is 11.1 Å². The second-order valence-corrected chi connectivity index (χ2v) is 6.28. The summed E-state index contributed by atoms with van der Waals surface area (Å²) in [6.07, 6.45) is 4.23. The van der Waals surface area contributed by atoms with Gasteiger partial charge in [0.1, 0.15) is 5.60 Å². The van der Waals surface area contributed by atoms with E-state index >= 15 is 0 Å². The zero-order chi connectivity index (χ0) is 14.0. The Kier molecular flexibility index (Phi) is 2.29. The van der Waals surface area contributed by atoms with Crippen LogP contribution in [0.25, 0.3) is 0 Å². The van der Waals surface area contributed by atoms with Crippen LogP contribution in [0.3, 0.4) is 0 Å². The summed E-state index contributed by atoms with van der Waals surface area (Å²) >= 11 is 0. The van der Waals surface area contributed by atoms with Crippen LogP contribution >= 0.6 is 0 Å². The third kappa shape index (κ3) is 1.56. The molecule has 4 atom stereocenters. The van der Waals surface area contributed by atoms with E-state index in [4.69, 9.17) is 14.2 Å². The lowest BCUT2D eigenvalue weighted by Gasteiger charge is -2.39. The molecule has 5 heteroatoms. The van der Waals surface area contributed by atoms with Crippen molar-refractivity contribution in [3.05, 3.63) is 35.4 Å². The van der Waals surface area contributed by atoms with Crippen molar-refractivity contribution in [2.75, 3.05) is 13.3 Å². The molecule has 1 aromatic rings. The molecule has 0 aromatic heterocycles. The molecule has 0 unspecified atom stereocenters. The molecule has 1 fully saturated rings. The summed E-state index contributed by atoms with van der Waals surface area (Å²) in [5.74, 6) is 1.83. The van der Waals surface area contributed by atoms with Gasteiger partial charge < -0.3 is 24.6 Å². The SMILES string of the molecule is O[C@@H]1C=C[C@]23CN[C@H](C1)[C@@H]2c1cc2c(cc1CO3)OCO2. The van der Waals surface area contributed by atoms with Crippen molar-refractivity contribution in [3.8, 4) is 11.5 Å². The third-order valence-corrected chi connectivity index (χ3v) is 5.13. The van der Waals surface area contributed by atoms with Gasteiger partial charge in [0.2, 0.25) is 6.79 Å². The van der Waals surface area contributed by atoms with Crippen LogP contribution in [0.15, 0.2) is 24.3 Å². The molecule has 1 aliphatic carbocycles. The van der Waals surface area contributed by atoms with Gasteiger partial charge in [-0.2, -0.15) is 0 Å². The summed E-state index contributed by atoms with van der Waals surface area (Å²) in [5.41, 5.74) is 2.08. The number of benzene rings is 1. The maximum atomic E-state index is 10.0. The predicted octanol–water partition coefficient (Wildman–Crippen LogP) is 1.06. The number of fused-ring (bicyclic) bond motifs is 2. The van der Waals surface area contributed by atoms with E-state index in [1.54, 1.807) is 0 Å². The van der Waals surface area contributed by atoms with Crippen LogP contribution in [0.4, 0.5) is 0 Å². The molecule has 110 valence electrons. The molecule has 2 N–H and O–H groups in total. The molecular formula is C16H17NO4. The van der Waals surface area contributed by atoms with Gasteiger partial charge in [0.05, 0.1) is 12.7 Å². The van der Waals surface area contributed by atoms with Crippen LogP contribution in [0, 0.1) is 0 Å². The van der Waals surface area contributed by atoms with Gasteiger partial charge in [0, 0.05) is 18.5 Å². The minimum Gasteiger partial charge on any atom is -0.454 e. The first kappa shape index (κ1) is 12.0. The molecule has 21 heavy (non-hydrogen) atoms. The van der Waals surface area contributed by atoms with Crippen molar-refractivity contribution in [3.63, 3.8) is 0 Å². The molecule has 5 nitrogen and oxygen atoms in total. The van der Waals surface area contributed by atoms with Crippen LogP contribution in [-0.2, 0) is 11.3 Å². The van der Waals surface area contributed by atoms with Gasteiger partial charge in [-0.15, -0.1) is 0 Å². The average Bonchev–Trinajstić information content (AvgIpc) is 3.03. The number of nitrogens with one attached hydrogen (secondary N) is 1. The lowest BCUT2D eigenvalue weighted by molar-refractivity contribution is -0.0322. The smallest absolute Gasteiger partial charge is 0.231 e. The van der Waals surface area contributed by atoms with Crippen molar-refractivity contribution < 1.29 is 19.3 Å². The number of aliphatic hydroxyl groups is 1. The topological polar surface area (TPSA) is 60.0 Å². The molecule has 0 amide bonds. The van der Waals surface area contributed by atoms with E-state index in [0.29, 0.717) is 13.0 Å². The van der Waals surface area contributed by atoms with E-state index in [1.807, 2.05) is 12.1 Å². The van der Waals surface area contributed by atoms with Crippen LogP contribution in [0.5, 0.6) is 11.5 Å². The number of hydrogen-bond donors (Lipinski definition) is 2. The summed E-state index contributed by atoms with van der Waals surface area (Å²) in [6, 6.07) is 4.36. The largest absolute Gasteiger partial charge is 0.454 e. The van der Waals surface area contributed by atoms with Crippen molar-refractivity contribution >= 4 is 0 Å². The normalized spacial score (nSPS) is 38.8. The van der Waals surface area contributed by atoms with Crippen molar-refractivity contribution in [2.45, 2.75) is 36.7 Å². The van der Waals surface area contributed by atoms with Gasteiger partial charge in [-0.3, -0.25) is 0 Å². The van der Waals surface area contributed by atoms with Crippen LogP contribution in [0.2, 0.25) is 0 Å². The molecule has 1 saturated heterocycles. The summed E-state index contributed by atoms with van der Waals surface area (Å²) in [4.78, 5) is 0. The number of aliphatic hydroxyl groups excluding tert-OH is 1. The Morgan fingerprint density at radius 3 is 3.00 bits per heavy atom. The van der Waals surface area contributed by atoms with E-state index in [0.717, 1.165) is 18.0 Å². The second-order valence-electron chi connectivity index (χ2n) is 6.28. The molecular weight excluding hydrogens is 270 g/mol. The molecule has 0 spiro atoms. The van der Waals surface area contributed by atoms with Gasteiger partial charge in [-0.25, -0.2) is 0 Å². The summed E-state index contributed by atoms with van der Waals surface area (Å²) in [6.45, 7) is 1.64. The van der Waals surface area contributed by atoms with Crippen LogP contribution in [0.1, 0.15) is 23.5 Å². The zero-order valence-electron chi connectivity index (χ0n) is 11.5. The van der Waals surface area contributed by atoms with Gasteiger partial charge >= 0.3 is 0 Å². The highest BCUT2D eigenvalue weighted by atomic mass is 16.7. The average molecular weight is 287 g/mol. The van der Waals surface area contributed by atoms with E-state index in [9.17, 15) is 5.11 Å². The maximum absolute atomic E-state index is 10.0. The molecule has 3 heterocycles. The summed E-state index contributed by atoms with van der Waals surface area (Å²) in [5, 5.41) is 13.6. The minimum atomic E-state index is -0.411. The Labute approximate surface area is 122 Å². The lowest BCUT2D eigenvalue weighted by atomic mass is 9.77. The molecule has 1 aromatic carbocycles. The highest BCUT2D eigenvalue weighted by Gasteiger charge is 2.53. The molecule has 0 saturated carbocycles. The number of ether oxygens (including phenoxy) is 3. The molecule has 4 aliphatic rings. The molecule has 0 radical (unpaired) electrons. The highest BCUT2D eigenvalue weighted by molar-refractivity contribution is 5.53. The van der Waals surface area contributed by atoms with Crippen molar-refractivity contribution in [2.24, 2.45) is 0 Å². The minimum absolute atomic E-state index is 0.212. The fourth-order valence-electron chi connectivity index (χ4n) is 4.15. The van der Waals surface area contributed by atoms with Crippen molar-refractivity contribution in [1.29, 1.82) is 0 Å². The van der Waals surface area contributed by atoms with Gasteiger partial charge in [-0.05, 0) is 29.7 Å². The number of hydrogen-bond acceptors (Lipinski definition) is 5. The first-order valence-electron chi connectivity index (χ1n) is 7.42. The van der Waals surface area contributed by atoms with Crippen LogP contribution < -0.4 is 14.8 Å². The van der Waals surface area contributed by atoms with E-state index in [-0.39, 0.29) is 24.4 Å². The quantitative estimate of drug-likeness (QED) is 0.699. The highest BCUT2D eigenvalue weighted by Crippen LogP contribution is 2.50. The Morgan fingerprint density at radius 2 is 2.10 bits per heavy atom. The van der Waals surface area contributed by atoms with E-state index < -0.39 is 6.10 Å². The van der Waals surface area contributed by atoms with E-state index in [2.05, 4.69) is 17.5 Å². The number of rotatable bonds is 0. The zero-order valence-corrected chi connectivity index (χ0v) is 11.5. The Hall–Kier alpha value is -1.56. The standard InChI is InChI=1S/C16H17NO4/c18-10-1-2-16-7-17-12(4-10)15(16)11-5-14-13(19-8-20-14)3-9(11)6-21-16/h1-3,5,10,12,15,17-18H,4,6-8H2/t10-,12-,15+,16+/m1/s1. The summed E-state index contributed by atoms with van der Waals surface area (Å²) in [7, 11) is 0.